The van der Waals surface area contributed by atoms with E-state index < -0.39 is 97.5 Å². The molecule has 5 atom stereocenters. The van der Waals surface area contributed by atoms with Crippen molar-refractivity contribution in [1.29, 1.82) is 0 Å². The van der Waals surface area contributed by atoms with Crippen LogP contribution in [0.1, 0.15) is 285 Å². The number of aliphatic hydroxyl groups excluding tert-OH is 1. The van der Waals surface area contributed by atoms with Gasteiger partial charge < -0.3 is 33.8 Å². The van der Waals surface area contributed by atoms with Crippen molar-refractivity contribution in [2.45, 2.75) is 303 Å². The third kappa shape index (κ3) is 74.7. The van der Waals surface area contributed by atoms with Gasteiger partial charge in [0.15, 0.2) is 12.2 Å². The standard InChI is InChI=1S/C85H138O17P2/c1-5-9-13-17-21-25-29-33-37-39-43-45-49-53-57-61-65-69-82(87)95-75-80(101-84(89)71-67-63-59-55-51-47-41-35-31-27-23-19-15-11-7-3)77-99-103(91,92)97-73-79(86)74-98-104(93,94)100-78-81(102-85(90)72-68-64-60-56-52-48-42-36-32-28-24-20-16-12-8-4)76-96-83(88)70-66-62-58-54-50-46-44-40-38-34-30-26-22-18-14-10-6-2/h9-11,13-15,21-23,25-27,33-38,41-42,44,46,51,54-55,58,63,67,79-81,86H,5-8,12,16-20,24,28-32,39-40,43,45,47-50,52-53,56-57,59-62,64-66,68-78H2,1-4H3,(H,91,92)(H,93,94)/b13-9-,14-10-,15-11-,25-21-,26-22-,27-23-,37-33-,38-34-,41-35-,42-36-,46-44-,55-51-,58-54-,67-63-. The van der Waals surface area contributed by atoms with Crippen molar-refractivity contribution in [1.82, 2.24) is 0 Å². The number of carbonyl (C=O) groups excluding carboxylic acids is 4. The van der Waals surface area contributed by atoms with Gasteiger partial charge in [0.05, 0.1) is 32.8 Å². The molecule has 0 aromatic rings. The number of phosphoric ester groups is 2. The van der Waals surface area contributed by atoms with Crippen molar-refractivity contribution in [3.8, 4) is 0 Å². The van der Waals surface area contributed by atoms with Gasteiger partial charge in [0.2, 0.25) is 0 Å². The van der Waals surface area contributed by atoms with Crippen LogP contribution >= 0.6 is 15.6 Å². The first-order valence-electron chi connectivity index (χ1n) is 39.4. The normalized spacial score (nSPS) is 14.8. The summed E-state index contributed by atoms with van der Waals surface area (Å²) in [4.78, 5) is 72.9. The van der Waals surface area contributed by atoms with Crippen molar-refractivity contribution in [3.63, 3.8) is 0 Å². The Bertz CT molecular complexity index is 2640. The number of allylic oxidation sites excluding steroid dienone is 27. The van der Waals surface area contributed by atoms with Crippen LogP contribution in [0.15, 0.2) is 170 Å². The van der Waals surface area contributed by atoms with Crippen LogP contribution in [0, 0.1) is 0 Å². The highest BCUT2D eigenvalue weighted by Gasteiger charge is 2.30. The lowest BCUT2D eigenvalue weighted by molar-refractivity contribution is -0.161. The van der Waals surface area contributed by atoms with Crippen LogP contribution in [0.3, 0.4) is 0 Å². The summed E-state index contributed by atoms with van der Waals surface area (Å²) in [6.45, 7) is 4.32. The van der Waals surface area contributed by atoms with Crippen LogP contribution in [0.5, 0.6) is 0 Å². The molecule has 0 saturated carbocycles. The van der Waals surface area contributed by atoms with E-state index in [2.05, 4.69) is 161 Å². The molecule has 3 N–H and O–H groups in total. The summed E-state index contributed by atoms with van der Waals surface area (Å²) in [5.74, 6) is -2.42. The molecule has 104 heavy (non-hydrogen) atoms. The number of esters is 4. The van der Waals surface area contributed by atoms with Gasteiger partial charge >= 0.3 is 39.5 Å². The molecule has 19 heteroatoms. The van der Waals surface area contributed by atoms with E-state index >= 15 is 0 Å². The number of phosphoric acid groups is 2. The van der Waals surface area contributed by atoms with E-state index in [4.69, 9.17) is 37.0 Å². The number of ether oxygens (including phenoxy) is 4. The minimum Gasteiger partial charge on any atom is -0.462 e. The minimum absolute atomic E-state index is 0.0650. The zero-order valence-corrected chi connectivity index (χ0v) is 66.2. The molecule has 0 radical (unpaired) electrons. The minimum atomic E-state index is -5.01. The quantitative estimate of drug-likeness (QED) is 0.0169. The van der Waals surface area contributed by atoms with Gasteiger partial charge in [-0.3, -0.25) is 37.3 Å². The first-order chi connectivity index (χ1) is 50.7. The Labute approximate surface area is 629 Å². The molecule has 0 rings (SSSR count). The van der Waals surface area contributed by atoms with Gasteiger partial charge in [-0.15, -0.1) is 0 Å². The molecule has 590 valence electrons. The predicted molar refractivity (Wildman–Crippen MR) is 426 cm³/mol. The second-order valence-electron chi connectivity index (χ2n) is 25.5. The topological polar surface area (TPSA) is 237 Å². The van der Waals surface area contributed by atoms with Gasteiger partial charge in [-0.05, 0) is 148 Å². The van der Waals surface area contributed by atoms with Crippen LogP contribution in [-0.4, -0.2) is 96.7 Å². The highest BCUT2D eigenvalue weighted by Crippen LogP contribution is 2.45. The summed E-state index contributed by atoms with van der Waals surface area (Å²) in [7, 11) is -10.0. The average Bonchev–Trinajstić information content (AvgIpc) is 0.937. The largest absolute Gasteiger partial charge is 0.472 e. The van der Waals surface area contributed by atoms with Gasteiger partial charge in [0, 0.05) is 19.3 Å². The molecule has 0 aromatic carbocycles. The van der Waals surface area contributed by atoms with Crippen molar-refractivity contribution in [2.75, 3.05) is 39.6 Å². The first kappa shape index (κ1) is 98.4. The fourth-order valence-electron chi connectivity index (χ4n) is 9.81. The maximum absolute atomic E-state index is 13.1. The summed E-state index contributed by atoms with van der Waals surface area (Å²) in [5, 5.41) is 10.6. The molecule has 0 aliphatic heterocycles. The molecular formula is C85H138O17P2. The summed E-state index contributed by atoms with van der Waals surface area (Å²) < 4.78 is 68.4. The third-order valence-corrected chi connectivity index (χ3v) is 17.6. The zero-order valence-electron chi connectivity index (χ0n) is 64.4. The molecule has 0 amide bonds. The maximum Gasteiger partial charge on any atom is 0.472 e. The molecule has 0 spiro atoms. The van der Waals surface area contributed by atoms with Crippen molar-refractivity contribution in [3.05, 3.63) is 170 Å². The molecule has 0 bridgehead atoms. The van der Waals surface area contributed by atoms with Crippen LogP contribution in [-0.2, 0) is 65.4 Å². The second kappa shape index (κ2) is 75.6. The van der Waals surface area contributed by atoms with Gasteiger partial charge in [-0.1, -0.05) is 281 Å². The van der Waals surface area contributed by atoms with Crippen LogP contribution in [0.2, 0.25) is 0 Å². The van der Waals surface area contributed by atoms with Crippen LogP contribution < -0.4 is 0 Å². The second-order valence-corrected chi connectivity index (χ2v) is 28.4. The number of rotatable bonds is 72. The molecule has 0 aromatic heterocycles. The lowest BCUT2D eigenvalue weighted by Gasteiger charge is -2.21. The van der Waals surface area contributed by atoms with E-state index in [9.17, 15) is 43.2 Å². The van der Waals surface area contributed by atoms with E-state index in [1.54, 1.807) is 12.2 Å². The molecule has 0 aliphatic carbocycles. The fourth-order valence-corrected chi connectivity index (χ4v) is 11.4. The summed E-state index contributed by atoms with van der Waals surface area (Å²) in [6, 6.07) is 0. The van der Waals surface area contributed by atoms with Gasteiger partial charge in [0.1, 0.15) is 19.3 Å². The van der Waals surface area contributed by atoms with E-state index in [0.717, 1.165) is 161 Å². The van der Waals surface area contributed by atoms with E-state index in [-0.39, 0.29) is 25.7 Å². The number of carbonyl (C=O) groups is 4. The van der Waals surface area contributed by atoms with E-state index in [0.29, 0.717) is 32.1 Å². The smallest absolute Gasteiger partial charge is 0.462 e. The zero-order chi connectivity index (χ0) is 76.0. The Kier molecular flexibility index (Phi) is 71.6. The summed E-state index contributed by atoms with van der Waals surface area (Å²) in [5.41, 5.74) is 0. The highest BCUT2D eigenvalue weighted by atomic mass is 31.2. The lowest BCUT2D eigenvalue weighted by Crippen LogP contribution is -2.30. The Morgan fingerprint density at radius 2 is 0.548 bits per heavy atom. The molecule has 0 aliphatic rings. The van der Waals surface area contributed by atoms with Crippen molar-refractivity contribution >= 4 is 39.5 Å². The van der Waals surface area contributed by atoms with E-state index in [1.165, 1.54) is 38.5 Å². The summed E-state index contributed by atoms with van der Waals surface area (Å²) in [6.07, 6.45) is 89.5. The number of aliphatic hydroxyl groups is 1. The average molecular weight is 1490 g/mol. The van der Waals surface area contributed by atoms with Crippen molar-refractivity contribution < 1.29 is 80.2 Å². The van der Waals surface area contributed by atoms with Gasteiger partial charge in [-0.25, -0.2) is 9.13 Å². The Hall–Kier alpha value is -5.58. The molecule has 5 unspecified atom stereocenters. The first-order valence-corrected chi connectivity index (χ1v) is 42.4. The lowest BCUT2D eigenvalue weighted by atomic mass is 10.1. The Morgan fingerprint density at radius 3 is 0.904 bits per heavy atom. The number of unbranched alkanes of at least 4 members (excludes halogenated alkanes) is 19. The molecule has 0 fully saturated rings. The van der Waals surface area contributed by atoms with Gasteiger partial charge in [-0.2, -0.15) is 0 Å². The number of hydrogen-bond acceptors (Lipinski definition) is 15. The van der Waals surface area contributed by atoms with Crippen LogP contribution in [0.25, 0.3) is 0 Å². The molecular weight excluding hydrogens is 1350 g/mol. The predicted octanol–water partition coefficient (Wildman–Crippen LogP) is 23.0. The SMILES string of the molecule is CC/C=C\C/C=C\C/C=C\C/C=C\C/C=C\CCCC(=O)OCC(COP(=O)(O)OCC(O)COP(=O)(O)OCC(COC(=O)CCCCCCCCC/C=C\C/C=C\C/C=C\CC)OC(=O)C/C=C\C/C=C\C/C=C\C/C=C\C/C=C\CC)OC(=O)CCCCCCC/C=C\CCCCCCCC. The molecule has 17 nitrogen and oxygen atoms in total. The summed E-state index contributed by atoms with van der Waals surface area (Å²) >= 11 is 0. The Balaban J connectivity index is 5.50. The Morgan fingerprint density at radius 1 is 0.288 bits per heavy atom. The van der Waals surface area contributed by atoms with E-state index in [1.807, 2.05) is 24.3 Å². The highest BCUT2D eigenvalue weighted by molar-refractivity contribution is 7.47. The van der Waals surface area contributed by atoms with Gasteiger partial charge in [0.25, 0.3) is 0 Å². The third-order valence-electron chi connectivity index (χ3n) is 15.7. The monoisotopic (exact) mass is 1490 g/mol. The molecule has 0 heterocycles. The maximum atomic E-state index is 13.1. The molecule has 0 saturated heterocycles. The fraction of sp³-hybridized carbons (Fsp3) is 0.624. The van der Waals surface area contributed by atoms with Crippen LogP contribution in [0.4, 0.5) is 0 Å². The van der Waals surface area contributed by atoms with Crippen molar-refractivity contribution in [2.24, 2.45) is 0 Å². The number of hydrogen-bond donors (Lipinski definition) is 3.